The molecule has 5 nitrogen and oxygen atoms in total. The van der Waals surface area contributed by atoms with Crippen molar-refractivity contribution in [1.82, 2.24) is 5.32 Å². The summed E-state index contributed by atoms with van der Waals surface area (Å²) in [5, 5.41) is 14.2. The first-order valence-electron chi connectivity index (χ1n) is 5.80. The van der Waals surface area contributed by atoms with Crippen molar-refractivity contribution < 1.29 is 14.4 Å². The Kier molecular flexibility index (Phi) is 4.47. The van der Waals surface area contributed by atoms with Gasteiger partial charge in [0.1, 0.15) is 11.7 Å². The predicted octanol–water partition coefficient (Wildman–Crippen LogP) is 1.64. The Morgan fingerprint density at radius 3 is 2.74 bits per heavy atom. The van der Waals surface area contributed by atoms with Crippen molar-refractivity contribution in [3.8, 4) is 0 Å². The summed E-state index contributed by atoms with van der Waals surface area (Å²) in [4.78, 5) is 12.0. The fourth-order valence-corrected chi connectivity index (χ4v) is 1.46. The van der Waals surface area contributed by atoms with E-state index in [2.05, 4.69) is 10.5 Å². The lowest BCUT2D eigenvalue weighted by atomic mass is 9.92. The second-order valence-electron chi connectivity index (χ2n) is 5.01. The number of hydrogen-bond donors (Lipinski definition) is 3. The molecule has 0 unspecified atom stereocenters. The largest absolute Gasteiger partial charge is 0.409 e. The number of hydrogen-bond acceptors (Lipinski definition) is 3. The summed E-state index contributed by atoms with van der Waals surface area (Å²) in [6, 6.07) is 4.02. The minimum atomic E-state index is -0.689. The molecule has 1 rings (SSSR count). The number of nitrogens with zero attached hydrogens (tertiary/aromatic N) is 1. The lowest BCUT2D eigenvalue weighted by Gasteiger charge is -2.23. The van der Waals surface area contributed by atoms with Crippen LogP contribution in [0.15, 0.2) is 23.4 Å². The molecule has 0 aliphatic rings. The van der Waals surface area contributed by atoms with Gasteiger partial charge in [0.15, 0.2) is 0 Å². The predicted molar refractivity (Wildman–Crippen MR) is 70.7 cm³/mol. The fourth-order valence-electron chi connectivity index (χ4n) is 1.46. The molecule has 19 heavy (non-hydrogen) atoms. The first-order valence-corrected chi connectivity index (χ1v) is 5.80. The summed E-state index contributed by atoms with van der Waals surface area (Å²) in [5.74, 6) is -0.842. The summed E-state index contributed by atoms with van der Waals surface area (Å²) in [6.45, 7) is 5.35. The number of carbonyl (C=O) groups is 1. The van der Waals surface area contributed by atoms with Crippen LogP contribution in [0.4, 0.5) is 4.39 Å². The van der Waals surface area contributed by atoms with Gasteiger partial charge >= 0.3 is 0 Å². The minimum absolute atomic E-state index is 0.0174. The van der Waals surface area contributed by atoms with E-state index in [1.165, 1.54) is 12.1 Å². The third-order valence-electron chi connectivity index (χ3n) is 2.94. The van der Waals surface area contributed by atoms with Crippen LogP contribution in [0.25, 0.3) is 0 Å². The zero-order valence-corrected chi connectivity index (χ0v) is 11.2. The molecule has 1 amide bonds. The monoisotopic (exact) mass is 267 g/mol. The van der Waals surface area contributed by atoms with E-state index in [0.29, 0.717) is 5.56 Å². The standard InChI is InChI=1S/C13H18FN3O2/c1-8-4-5-9(14)6-10(8)11(18)16-7-13(2,3)12(15)17-19/h4-6,19H,7H2,1-3H3,(H2,15,17)(H,16,18). The van der Waals surface area contributed by atoms with Gasteiger partial charge < -0.3 is 16.3 Å². The van der Waals surface area contributed by atoms with Crippen molar-refractivity contribution in [2.75, 3.05) is 6.54 Å². The van der Waals surface area contributed by atoms with Crippen LogP contribution in [0, 0.1) is 18.2 Å². The topological polar surface area (TPSA) is 87.7 Å². The van der Waals surface area contributed by atoms with E-state index in [0.717, 1.165) is 0 Å². The van der Waals surface area contributed by atoms with E-state index in [1.807, 2.05) is 0 Å². The molecule has 0 atom stereocenters. The Morgan fingerprint density at radius 1 is 1.53 bits per heavy atom. The van der Waals surface area contributed by atoms with Crippen LogP contribution in [0.5, 0.6) is 0 Å². The Balaban J connectivity index is 2.79. The second-order valence-corrected chi connectivity index (χ2v) is 5.01. The molecule has 4 N–H and O–H groups in total. The number of nitrogens with two attached hydrogens (primary N) is 1. The van der Waals surface area contributed by atoms with Crippen molar-refractivity contribution in [3.05, 3.63) is 35.1 Å². The maximum Gasteiger partial charge on any atom is 0.251 e. The number of oxime groups is 1. The molecule has 0 bridgehead atoms. The lowest BCUT2D eigenvalue weighted by Crippen LogP contribution is -2.42. The SMILES string of the molecule is Cc1ccc(F)cc1C(=O)NCC(C)(C)/C(N)=N/O. The molecular weight excluding hydrogens is 249 g/mol. The molecule has 6 heteroatoms. The molecule has 0 aliphatic carbocycles. The molecule has 1 aromatic rings. The molecule has 0 aliphatic heterocycles. The van der Waals surface area contributed by atoms with E-state index in [4.69, 9.17) is 10.9 Å². The van der Waals surface area contributed by atoms with Crippen molar-refractivity contribution in [2.45, 2.75) is 20.8 Å². The highest BCUT2D eigenvalue weighted by Gasteiger charge is 2.24. The van der Waals surface area contributed by atoms with Crippen LogP contribution in [-0.4, -0.2) is 23.5 Å². The number of aryl methyl sites for hydroxylation is 1. The number of amides is 1. The third kappa shape index (κ3) is 3.67. The smallest absolute Gasteiger partial charge is 0.251 e. The van der Waals surface area contributed by atoms with Gasteiger partial charge in [-0.25, -0.2) is 4.39 Å². The van der Waals surface area contributed by atoms with Crippen LogP contribution in [0.1, 0.15) is 29.8 Å². The van der Waals surface area contributed by atoms with Gasteiger partial charge in [0.2, 0.25) is 0 Å². The van der Waals surface area contributed by atoms with Crippen LogP contribution < -0.4 is 11.1 Å². The maximum absolute atomic E-state index is 13.1. The van der Waals surface area contributed by atoms with E-state index in [9.17, 15) is 9.18 Å². The first-order chi connectivity index (χ1) is 8.77. The summed E-state index contributed by atoms with van der Waals surface area (Å²) in [5.41, 5.74) is 5.78. The van der Waals surface area contributed by atoms with Crippen molar-refractivity contribution >= 4 is 11.7 Å². The molecule has 104 valence electrons. The third-order valence-corrected chi connectivity index (χ3v) is 2.94. The van der Waals surface area contributed by atoms with Gasteiger partial charge in [-0.05, 0) is 24.6 Å². The number of rotatable bonds is 4. The molecule has 0 aromatic heterocycles. The van der Waals surface area contributed by atoms with Crippen molar-refractivity contribution in [1.29, 1.82) is 0 Å². The van der Waals surface area contributed by atoms with E-state index < -0.39 is 17.1 Å². The molecular formula is C13H18FN3O2. The van der Waals surface area contributed by atoms with Gasteiger partial charge in [-0.15, -0.1) is 0 Å². The number of halogens is 1. The number of benzene rings is 1. The van der Waals surface area contributed by atoms with Gasteiger partial charge in [-0.1, -0.05) is 25.1 Å². The Labute approximate surface area is 111 Å². The summed E-state index contributed by atoms with van der Waals surface area (Å²) in [6.07, 6.45) is 0. The molecule has 0 saturated carbocycles. The number of amidine groups is 1. The highest BCUT2D eigenvalue weighted by molar-refractivity contribution is 5.96. The number of nitrogens with one attached hydrogen (secondary N) is 1. The van der Waals surface area contributed by atoms with E-state index in [-0.39, 0.29) is 17.9 Å². The van der Waals surface area contributed by atoms with Gasteiger partial charge in [0.05, 0.1) is 0 Å². The second kappa shape index (κ2) is 5.69. The minimum Gasteiger partial charge on any atom is -0.409 e. The zero-order chi connectivity index (χ0) is 14.6. The summed E-state index contributed by atoms with van der Waals surface area (Å²) in [7, 11) is 0. The van der Waals surface area contributed by atoms with Gasteiger partial charge in [-0.2, -0.15) is 0 Å². The average molecular weight is 267 g/mol. The van der Waals surface area contributed by atoms with E-state index in [1.54, 1.807) is 26.8 Å². The molecule has 0 heterocycles. The Hall–Kier alpha value is -2.11. The Bertz CT molecular complexity index is 513. The van der Waals surface area contributed by atoms with Gasteiger partial charge in [0, 0.05) is 17.5 Å². The van der Waals surface area contributed by atoms with Crippen molar-refractivity contribution in [3.63, 3.8) is 0 Å². The molecule has 0 radical (unpaired) electrons. The van der Waals surface area contributed by atoms with E-state index >= 15 is 0 Å². The van der Waals surface area contributed by atoms with Gasteiger partial charge in [-0.3, -0.25) is 4.79 Å². The highest BCUT2D eigenvalue weighted by atomic mass is 19.1. The quantitative estimate of drug-likeness (QED) is 0.335. The van der Waals surface area contributed by atoms with Gasteiger partial charge in [0.25, 0.3) is 5.91 Å². The van der Waals surface area contributed by atoms with Crippen LogP contribution in [0.2, 0.25) is 0 Å². The molecule has 0 fully saturated rings. The van der Waals surface area contributed by atoms with Crippen LogP contribution in [-0.2, 0) is 0 Å². The normalized spacial score (nSPS) is 12.3. The number of carbonyl (C=O) groups excluding carboxylic acids is 1. The first kappa shape index (κ1) is 14.9. The molecule has 1 aromatic carbocycles. The molecule has 0 saturated heterocycles. The van der Waals surface area contributed by atoms with Crippen LogP contribution >= 0.6 is 0 Å². The highest BCUT2D eigenvalue weighted by Crippen LogP contribution is 2.15. The lowest BCUT2D eigenvalue weighted by molar-refractivity contribution is 0.0943. The maximum atomic E-state index is 13.1. The fraction of sp³-hybridized carbons (Fsp3) is 0.385. The Morgan fingerprint density at radius 2 is 2.16 bits per heavy atom. The summed E-state index contributed by atoms with van der Waals surface area (Å²) < 4.78 is 13.1. The van der Waals surface area contributed by atoms with Crippen LogP contribution in [0.3, 0.4) is 0 Å². The zero-order valence-electron chi connectivity index (χ0n) is 11.2. The molecule has 0 spiro atoms. The summed E-state index contributed by atoms with van der Waals surface area (Å²) >= 11 is 0. The average Bonchev–Trinajstić information content (AvgIpc) is 2.37. The van der Waals surface area contributed by atoms with Crippen molar-refractivity contribution in [2.24, 2.45) is 16.3 Å².